The topological polar surface area (TPSA) is 82.2 Å². The summed E-state index contributed by atoms with van der Waals surface area (Å²) in [7, 11) is 0. The lowest BCUT2D eigenvalue weighted by molar-refractivity contribution is -0.137. The molecule has 0 aliphatic rings. The average molecular weight is 455 g/mol. The third-order valence-corrected chi connectivity index (χ3v) is 5.00. The number of ether oxygens (including phenoxy) is 1. The summed E-state index contributed by atoms with van der Waals surface area (Å²) in [5.41, 5.74) is 7.00. The predicted octanol–water partition coefficient (Wildman–Crippen LogP) is 3.99. The first kappa shape index (κ1) is 23.1. The standard InChI is InChI=1S/C21H22ClF3N4O2/c1-2-31-8-7-29-18-9-15(13-3-5-14(6-4-13)21(23,24)25)16(22)10-17(18)28-20(29)12-27-11-19(26)30/h3-6,9-10,27H,2,7-8,11-12H2,1H3,(H2,26,30). The molecule has 0 saturated heterocycles. The first-order valence-corrected chi connectivity index (χ1v) is 10.0. The summed E-state index contributed by atoms with van der Waals surface area (Å²) in [6.07, 6.45) is -4.41. The zero-order valence-electron chi connectivity index (χ0n) is 16.8. The molecule has 0 fully saturated rings. The first-order chi connectivity index (χ1) is 14.7. The fraction of sp³-hybridized carbons (Fsp3) is 0.333. The van der Waals surface area contributed by atoms with Gasteiger partial charge >= 0.3 is 6.18 Å². The molecule has 0 spiro atoms. The maximum atomic E-state index is 12.9. The van der Waals surface area contributed by atoms with Gasteiger partial charge in [0.05, 0.1) is 41.3 Å². The molecule has 0 saturated carbocycles. The molecule has 2 aromatic carbocycles. The van der Waals surface area contributed by atoms with E-state index in [1.54, 1.807) is 12.1 Å². The number of halogens is 4. The molecule has 1 aromatic heterocycles. The molecule has 6 nitrogen and oxygen atoms in total. The number of carbonyl (C=O) groups excluding carboxylic acids is 1. The summed E-state index contributed by atoms with van der Waals surface area (Å²) in [6.45, 7) is 3.71. The molecule has 166 valence electrons. The molecular weight excluding hydrogens is 433 g/mol. The van der Waals surface area contributed by atoms with Crippen LogP contribution >= 0.6 is 11.6 Å². The number of nitrogens with two attached hydrogens (primary N) is 1. The molecule has 3 rings (SSSR count). The van der Waals surface area contributed by atoms with Gasteiger partial charge in [0, 0.05) is 18.7 Å². The maximum absolute atomic E-state index is 12.9. The Balaban J connectivity index is 2.01. The van der Waals surface area contributed by atoms with Gasteiger partial charge in [-0.2, -0.15) is 13.2 Å². The Morgan fingerprint density at radius 2 is 1.97 bits per heavy atom. The SMILES string of the molecule is CCOCCn1c(CNCC(N)=O)nc2cc(Cl)c(-c3ccc(C(F)(F)F)cc3)cc21. The molecule has 0 unspecified atom stereocenters. The number of primary amides is 1. The van der Waals surface area contributed by atoms with Crippen LogP contribution in [0, 0.1) is 0 Å². The monoisotopic (exact) mass is 454 g/mol. The van der Waals surface area contributed by atoms with Crippen molar-refractivity contribution in [3.8, 4) is 11.1 Å². The fourth-order valence-corrected chi connectivity index (χ4v) is 3.50. The highest BCUT2D eigenvalue weighted by atomic mass is 35.5. The highest BCUT2D eigenvalue weighted by molar-refractivity contribution is 6.34. The smallest absolute Gasteiger partial charge is 0.380 e. The van der Waals surface area contributed by atoms with Crippen molar-refractivity contribution in [1.29, 1.82) is 0 Å². The van der Waals surface area contributed by atoms with Gasteiger partial charge in [-0.1, -0.05) is 23.7 Å². The van der Waals surface area contributed by atoms with Crippen molar-refractivity contribution in [2.75, 3.05) is 19.8 Å². The van der Waals surface area contributed by atoms with Crippen molar-refractivity contribution < 1.29 is 22.7 Å². The van der Waals surface area contributed by atoms with Crippen molar-refractivity contribution in [3.63, 3.8) is 0 Å². The number of nitrogens with zero attached hydrogens (tertiary/aromatic N) is 2. The number of alkyl halides is 3. The van der Waals surface area contributed by atoms with Crippen molar-refractivity contribution >= 4 is 28.5 Å². The largest absolute Gasteiger partial charge is 0.416 e. The summed E-state index contributed by atoms with van der Waals surface area (Å²) in [5, 5.41) is 3.31. The number of hydrogen-bond donors (Lipinski definition) is 2. The van der Waals surface area contributed by atoms with Crippen LogP contribution in [0.3, 0.4) is 0 Å². The van der Waals surface area contributed by atoms with Gasteiger partial charge in [0.15, 0.2) is 0 Å². The second kappa shape index (κ2) is 9.67. The molecular formula is C21H22ClF3N4O2. The van der Waals surface area contributed by atoms with Crippen LogP contribution in [-0.4, -0.2) is 35.2 Å². The van der Waals surface area contributed by atoms with Gasteiger partial charge in [-0.3, -0.25) is 4.79 Å². The quantitative estimate of drug-likeness (QED) is 0.479. The number of nitrogens with one attached hydrogen (secondary N) is 1. The minimum Gasteiger partial charge on any atom is -0.380 e. The predicted molar refractivity (Wildman–Crippen MR) is 113 cm³/mol. The molecule has 0 radical (unpaired) electrons. The van der Waals surface area contributed by atoms with E-state index < -0.39 is 17.6 Å². The second-order valence-corrected chi connectivity index (χ2v) is 7.25. The van der Waals surface area contributed by atoms with Crippen LogP contribution < -0.4 is 11.1 Å². The summed E-state index contributed by atoms with van der Waals surface area (Å²) in [5.74, 6) is 0.182. The van der Waals surface area contributed by atoms with E-state index in [0.717, 1.165) is 17.6 Å². The van der Waals surface area contributed by atoms with Gasteiger partial charge in [-0.15, -0.1) is 0 Å². The van der Waals surface area contributed by atoms with Gasteiger partial charge in [0.1, 0.15) is 5.82 Å². The molecule has 0 aliphatic carbocycles. The van der Waals surface area contributed by atoms with Crippen LogP contribution in [0.15, 0.2) is 36.4 Å². The fourth-order valence-electron chi connectivity index (χ4n) is 3.24. The van der Waals surface area contributed by atoms with Crippen LogP contribution in [0.4, 0.5) is 13.2 Å². The minimum absolute atomic E-state index is 0.00618. The Bertz CT molecular complexity index is 1070. The number of imidazole rings is 1. The third-order valence-electron chi connectivity index (χ3n) is 4.69. The molecule has 1 heterocycles. The third kappa shape index (κ3) is 5.55. The molecule has 3 aromatic rings. The Kier molecular flexibility index (Phi) is 7.19. The highest BCUT2D eigenvalue weighted by Gasteiger charge is 2.30. The van der Waals surface area contributed by atoms with Gasteiger partial charge in [-0.05, 0) is 36.8 Å². The van der Waals surface area contributed by atoms with E-state index in [4.69, 9.17) is 22.1 Å². The van der Waals surface area contributed by atoms with Crippen molar-refractivity contribution in [2.45, 2.75) is 26.2 Å². The Morgan fingerprint density at radius 1 is 1.26 bits per heavy atom. The van der Waals surface area contributed by atoms with Crippen LogP contribution in [0.25, 0.3) is 22.2 Å². The molecule has 0 atom stereocenters. The van der Waals surface area contributed by atoms with Crippen LogP contribution in [0.2, 0.25) is 5.02 Å². The summed E-state index contributed by atoms with van der Waals surface area (Å²) >= 11 is 6.43. The first-order valence-electron chi connectivity index (χ1n) is 9.63. The number of hydrogen-bond acceptors (Lipinski definition) is 4. The van der Waals surface area contributed by atoms with E-state index in [-0.39, 0.29) is 6.54 Å². The molecule has 3 N–H and O–H groups in total. The van der Waals surface area contributed by atoms with E-state index >= 15 is 0 Å². The molecule has 1 amide bonds. The number of carbonyl (C=O) groups is 1. The lowest BCUT2D eigenvalue weighted by Gasteiger charge is -2.12. The van der Waals surface area contributed by atoms with E-state index in [1.807, 2.05) is 11.5 Å². The van der Waals surface area contributed by atoms with E-state index in [1.165, 1.54) is 12.1 Å². The van der Waals surface area contributed by atoms with E-state index in [9.17, 15) is 18.0 Å². The molecule has 31 heavy (non-hydrogen) atoms. The molecule has 10 heteroatoms. The van der Waals surface area contributed by atoms with E-state index in [0.29, 0.717) is 53.8 Å². The number of amides is 1. The van der Waals surface area contributed by atoms with Crippen molar-refractivity contribution in [1.82, 2.24) is 14.9 Å². The van der Waals surface area contributed by atoms with Crippen molar-refractivity contribution in [3.05, 3.63) is 52.8 Å². The Morgan fingerprint density at radius 3 is 2.58 bits per heavy atom. The van der Waals surface area contributed by atoms with Gasteiger partial charge in [0.2, 0.25) is 5.91 Å². The molecule has 0 bridgehead atoms. The average Bonchev–Trinajstić information content (AvgIpc) is 3.03. The Labute approximate surface area is 182 Å². The zero-order valence-corrected chi connectivity index (χ0v) is 17.6. The molecule has 0 aliphatic heterocycles. The number of aromatic nitrogens is 2. The van der Waals surface area contributed by atoms with Gasteiger partial charge in [0.25, 0.3) is 0 Å². The number of benzene rings is 2. The Hall–Kier alpha value is -2.62. The lowest BCUT2D eigenvalue weighted by Crippen LogP contribution is -2.29. The van der Waals surface area contributed by atoms with Crippen molar-refractivity contribution in [2.24, 2.45) is 5.73 Å². The van der Waals surface area contributed by atoms with Gasteiger partial charge < -0.3 is 20.4 Å². The van der Waals surface area contributed by atoms with Crippen LogP contribution in [0.1, 0.15) is 18.3 Å². The van der Waals surface area contributed by atoms with E-state index in [2.05, 4.69) is 10.3 Å². The maximum Gasteiger partial charge on any atom is 0.416 e. The van der Waals surface area contributed by atoms with Gasteiger partial charge in [-0.25, -0.2) is 4.98 Å². The summed E-state index contributed by atoms with van der Waals surface area (Å²) < 4.78 is 46.0. The van der Waals surface area contributed by atoms with Crippen LogP contribution in [0.5, 0.6) is 0 Å². The minimum atomic E-state index is -4.41. The summed E-state index contributed by atoms with van der Waals surface area (Å²) in [4.78, 5) is 15.6. The number of fused-ring (bicyclic) bond motifs is 1. The zero-order chi connectivity index (χ0) is 22.6. The normalized spacial score (nSPS) is 11.9. The summed E-state index contributed by atoms with van der Waals surface area (Å²) in [6, 6.07) is 8.33. The second-order valence-electron chi connectivity index (χ2n) is 6.84. The lowest BCUT2D eigenvalue weighted by atomic mass is 10.0. The highest BCUT2D eigenvalue weighted by Crippen LogP contribution is 2.35. The number of rotatable bonds is 9. The van der Waals surface area contributed by atoms with Crippen LogP contribution in [-0.2, 0) is 28.8 Å².